The van der Waals surface area contributed by atoms with E-state index in [1.54, 1.807) is 0 Å². The molecule has 24 heavy (non-hydrogen) atoms. The fourth-order valence-electron chi connectivity index (χ4n) is 1.90. The molecule has 1 N–H and O–H groups in total. The number of phenolic OH excluding ortho intramolecular Hbond substituents is 1. The maximum Gasteiger partial charge on any atom is 0.417 e. The van der Waals surface area contributed by atoms with Gasteiger partial charge in [-0.2, -0.15) is 18.4 Å². The Bertz CT molecular complexity index is 842. The molecule has 0 aliphatic rings. The number of allylic oxidation sites excluding steroid dienone is 1. The fourth-order valence-corrected chi connectivity index (χ4v) is 2.16. The number of hydrogen-bond acceptors (Lipinski definition) is 4. The first-order chi connectivity index (χ1) is 11.3. The van der Waals surface area contributed by atoms with Crippen LogP contribution in [0.2, 0.25) is 5.02 Å². The lowest BCUT2D eigenvalue weighted by Crippen LogP contribution is -2.06. The van der Waals surface area contributed by atoms with Crippen LogP contribution in [-0.2, 0) is 6.18 Å². The molecule has 0 radical (unpaired) electrons. The van der Waals surface area contributed by atoms with E-state index in [-0.39, 0.29) is 27.8 Å². The zero-order chi connectivity index (χ0) is 17.9. The minimum absolute atomic E-state index is 0.0264. The number of pyridine rings is 1. The second-order valence-electron chi connectivity index (χ2n) is 4.65. The Morgan fingerprint density at radius 3 is 2.62 bits per heavy atom. The van der Waals surface area contributed by atoms with Crippen LogP contribution in [0.5, 0.6) is 11.5 Å². The predicted molar refractivity (Wildman–Crippen MR) is 82.4 cm³/mol. The zero-order valence-corrected chi connectivity index (χ0v) is 13.0. The van der Waals surface area contributed by atoms with Crippen molar-refractivity contribution in [3.8, 4) is 17.6 Å². The number of benzene rings is 1. The summed E-state index contributed by atoms with van der Waals surface area (Å²) in [5.74, 6) is 0.103. The van der Waals surface area contributed by atoms with Gasteiger partial charge in [0.1, 0.15) is 6.07 Å². The highest BCUT2D eigenvalue weighted by Crippen LogP contribution is 2.33. The number of aromatic hydroxyl groups is 1. The topological polar surface area (TPSA) is 66.1 Å². The van der Waals surface area contributed by atoms with E-state index in [2.05, 4.69) is 4.98 Å². The molecule has 1 aromatic heterocycles. The number of methoxy groups -OCH3 is 1. The molecule has 0 unspecified atom stereocenters. The molecule has 1 aromatic carbocycles. The van der Waals surface area contributed by atoms with Gasteiger partial charge in [-0.25, -0.2) is 0 Å². The third kappa shape index (κ3) is 3.78. The highest BCUT2D eigenvalue weighted by Gasteiger charge is 2.31. The minimum atomic E-state index is -4.57. The second kappa shape index (κ2) is 6.81. The van der Waals surface area contributed by atoms with Gasteiger partial charge in [0.15, 0.2) is 11.5 Å². The molecule has 4 nitrogen and oxygen atoms in total. The summed E-state index contributed by atoms with van der Waals surface area (Å²) in [6.45, 7) is 0. The van der Waals surface area contributed by atoms with E-state index in [1.807, 2.05) is 6.07 Å². The van der Waals surface area contributed by atoms with Gasteiger partial charge in [0.2, 0.25) is 0 Å². The highest BCUT2D eigenvalue weighted by molar-refractivity contribution is 6.32. The average Bonchev–Trinajstić information content (AvgIpc) is 2.53. The van der Waals surface area contributed by atoms with Crippen LogP contribution < -0.4 is 4.74 Å². The second-order valence-corrected chi connectivity index (χ2v) is 5.06. The van der Waals surface area contributed by atoms with Gasteiger partial charge < -0.3 is 9.84 Å². The van der Waals surface area contributed by atoms with Crippen molar-refractivity contribution in [2.75, 3.05) is 7.11 Å². The van der Waals surface area contributed by atoms with Crippen molar-refractivity contribution in [3.63, 3.8) is 0 Å². The van der Waals surface area contributed by atoms with Crippen molar-refractivity contribution in [1.82, 2.24) is 4.98 Å². The Kier molecular flexibility index (Phi) is 5.00. The Balaban J connectivity index is 2.47. The molecular weight excluding hydrogens is 345 g/mol. The SMILES string of the molecule is COc1cc(/C=C(\C#N)c2ncc(C(F)(F)F)cc2Cl)ccc1O. The maximum atomic E-state index is 12.6. The van der Waals surface area contributed by atoms with Gasteiger partial charge in [-0.1, -0.05) is 17.7 Å². The molecule has 124 valence electrons. The van der Waals surface area contributed by atoms with Crippen molar-refractivity contribution < 1.29 is 23.0 Å². The number of phenols is 1. The number of rotatable bonds is 3. The van der Waals surface area contributed by atoms with Crippen LogP contribution in [0.15, 0.2) is 30.5 Å². The molecule has 0 fully saturated rings. The van der Waals surface area contributed by atoms with Crippen LogP contribution >= 0.6 is 11.6 Å². The smallest absolute Gasteiger partial charge is 0.417 e. The summed E-state index contributed by atoms with van der Waals surface area (Å²) in [5, 5.41) is 18.5. The first kappa shape index (κ1) is 17.6. The molecule has 2 rings (SSSR count). The van der Waals surface area contributed by atoms with E-state index in [0.717, 1.165) is 0 Å². The number of alkyl halides is 3. The quantitative estimate of drug-likeness (QED) is 0.822. The summed E-state index contributed by atoms with van der Waals surface area (Å²) >= 11 is 5.84. The van der Waals surface area contributed by atoms with Gasteiger partial charge in [-0.05, 0) is 29.8 Å². The summed E-state index contributed by atoms with van der Waals surface area (Å²) in [6, 6.07) is 6.89. The van der Waals surface area contributed by atoms with Crippen molar-refractivity contribution in [2.24, 2.45) is 0 Å². The molecule has 0 saturated carbocycles. The van der Waals surface area contributed by atoms with Crippen LogP contribution in [0, 0.1) is 11.3 Å². The van der Waals surface area contributed by atoms with Gasteiger partial charge in [0.05, 0.1) is 29.0 Å². The van der Waals surface area contributed by atoms with Gasteiger partial charge in [0.25, 0.3) is 0 Å². The number of halogens is 4. The summed E-state index contributed by atoms with van der Waals surface area (Å²) in [6.07, 6.45) is -2.58. The number of nitrogens with zero attached hydrogens (tertiary/aromatic N) is 2. The van der Waals surface area contributed by atoms with Crippen molar-refractivity contribution in [1.29, 1.82) is 5.26 Å². The van der Waals surface area contributed by atoms with E-state index < -0.39 is 11.7 Å². The molecule has 8 heteroatoms. The predicted octanol–water partition coefficient (Wildman–Crippen LogP) is 4.53. The van der Waals surface area contributed by atoms with E-state index >= 15 is 0 Å². The number of aromatic nitrogens is 1. The monoisotopic (exact) mass is 354 g/mol. The lowest BCUT2D eigenvalue weighted by molar-refractivity contribution is -0.137. The van der Waals surface area contributed by atoms with Gasteiger partial charge >= 0.3 is 6.18 Å². The normalized spacial score (nSPS) is 11.9. The van der Waals surface area contributed by atoms with E-state index in [1.165, 1.54) is 31.4 Å². The van der Waals surface area contributed by atoms with E-state index in [4.69, 9.17) is 16.3 Å². The first-order valence-electron chi connectivity index (χ1n) is 6.48. The molecule has 1 heterocycles. The highest BCUT2D eigenvalue weighted by atomic mass is 35.5. The third-order valence-corrected chi connectivity index (χ3v) is 3.35. The molecular formula is C16H10ClF3N2O2. The summed E-state index contributed by atoms with van der Waals surface area (Å²) in [5.41, 5.74) is -0.612. The van der Waals surface area contributed by atoms with Crippen LogP contribution in [0.1, 0.15) is 16.8 Å². The summed E-state index contributed by atoms with van der Waals surface area (Å²) < 4.78 is 42.9. The van der Waals surface area contributed by atoms with Gasteiger partial charge in [-0.15, -0.1) is 0 Å². The molecule has 0 bridgehead atoms. The van der Waals surface area contributed by atoms with Gasteiger partial charge in [0, 0.05) is 6.20 Å². The van der Waals surface area contributed by atoms with E-state index in [0.29, 0.717) is 17.8 Å². The fraction of sp³-hybridized carbons (Fsp3) is 0.125. The standard InChI is InChI=1S/C16H10ClF3N2O2/c1-24-14-5-9(2-3-13(14)23)4-10(7-21)15-12(17)6-11(8-22-15)16(18,19)20/h2-6,8,23H,1H3/b10-4+. The van der Waals surface area contributed by atoms with Crippen LogP contribution in [0.25, 0.3) is 11.6 Å². The zero-order valence-electron chi connectivity index (χ0n) is 12.2. The van der Waals surface area contributed by atoms with Crippen molar-refractivity contribution in [2.45, 2.75) is 6.18 Å². The Hall–Kier alpha value is -2.72. The van der Waals surface area contributed by atoms with Crippen LogP contribution in [-0.4, -0.2) is 17.2 Å². The van der Waals surface area contributed by atoms with Crippen molar-refractivity contribution in [3.05, 3.63) is 52.3 Å². The number of ether oxygens (including phenoxy) is 1. The minimum Gasteiger partial charge on any atom is -0.504 e. The first-order valence-corrected chi connectivity index (χ1v) is 6.86. The largest absolute Gasteiger partial charge is 0.504 e. The Labute approximate surface area is 140 Å². The number of hydrogen-bond donors (Lipinski definition) is 1. The maximum absolute atomic E-state index is 12.6. The summed E-state index contributed by atoms with van der Waals surface area (Å²) in [7, 11) is 1.36. The Morgan fingerprint density at radius 2 is 2.08 bits per heavy atom. The van der Waals surface area contributed by atoms with E-state index in [9.17, 15) is 23.5 Å². The lowest BCUT2D eigenvalue weighted by Gasteiger charge is -2.09. The molecule has 0 saturated heterocycles. The molecule has 0 amide bonds. The average molecular weight is 355 g/mol. The molecule has 0 atom stereocenters. The van der Waals surface area contributed by atoms with Crippen LogP contribution in [0.3, 0.4) is 0 Å². The molecule has 2 aromatic rings. The van der Waals surface area contributed by atoms with Crippen LogP contribution in [0.4, 0.5) is 13.2 Å². The molecule has 0 spiro atoms. The third-order valence-electron chi connectivity index (χ3n) is 3.06. The van der Waals surface area contributed by atoms with Crippen molar-refractivity contribution >= 4 is 23.3 Å². The molecule has 0 aliphatic carbocycles. The van der Waals surface area contributed by atoms with Gasteiger partial charge in [-0.3, -0.25) is 4.98 Å². The molecule has 0 aliphatic heterocycles. The lowest BCUT2D eigenvalue weighted by atomic mass is 10.1. The summed E-state index contributed by atoms with van der Waals surface area (Å²) in [4.78, 5) is 3.65. The number of nitriles is 1. The Morgan fingerprint density at radius 1 is 1.38 bits per heavy atom.